The maximum absolute atomic E-state index is 6.34. The molecule has 0 saturated carbocycles. The Hall–Kier alpha value is -7.63. The van der Waals surface area contributed by atoms with E-state index in [1.807, 2.05) is 48.5 Å². The van der Waals surface area contributed by atoms with E-state index in [2.05, 4.69) is 140 Å². The Morgan fingerprint density at radius 1 is 0.286 bits per heavy atom. The number of furan rings is 2. The Bertz CT molecular complexity index is 3230. The molecule has 0 N–H and O–H groups in total. The van der Waals surface area contributed by atoms with Crippen LogP contribution in [0.15, 0.2) is 197 Å². The van der Waals surface area contributed by atoms with Crippen LogP contribution < -0.4 is 0 Å². The molecule has 0 saturated heterocycles. The van der Waals surface area contributed by atoms with E-state index in [0.717, 1.165) is 93.9 Å². The van der Waals surface area contributed by atoms with Gasteiger partial charge in [0.05, 0.1) is 0 Å². The lowest BCUT2D eigenvalue weighted by atomic mass is 9.98. The molecule has 0 spiro atoms. The Morgan fingerprint density at radius 2 is 0.786 bits per heavy atom. The van der Waals surface area contributed by atoms with Gasteiger partial charge in [-0.1, -0.05) is 164 Å². The van der Waals surface area contributed by atoms with E-state index in [1.165, 1.54) is 0 Å². The van der Waals surface area contributed by atoms with Gasteiger partial charge in [-0.2, -0.15) is 0 Å². The van der Waals surface area contributed by atoms with E-state index >= 15 is 0 Å². The lowest BCUT2D eigenvalue weighted by Crippen LogP contribution is -2.00. The summed E-state index contributed by atoms with van der Waals surface area (Å²) in [4.78, 5) is 15.4. The largest absolute Gasteiger partial charge is 0.456 e. The fraction of sp³-hybridized carbons (Fsp3) is 0. The van der Waals surface area contributed by atoms with Crippen LogP contribution in [0, 0.1) is 0 Å². The van der Waals surface area contributed by atoms with Crippen LogP contribution in [0.25, 0.3) is 111 Å². The van der Waals surface area contributed by atoms with Gasteiger partial charge < -0.3 is 8.83 Å². The molecular formula is C51H31N3O2. The second kappa shape index (κ2) is 13.0. The molecule has 5 heteroatoms. The maximum atomic E-state index is 6.34. The summed E-state index contributed by atoms with van der Waals surface area (Å²) < 4.78 is 12.6. The summed E-state index contributed by atoms with van der Waals surface area (Å²) in [5, 5.41) is 4.25. The molecule has 0 radical (unpaired) electrons. The smallest absolute Gasteiger partial charge is 0.164 e. The monoisotopic (exact) mass is 717 g/mol. The van der Waals surface area contributed by atoms with Crippen molar-refractivity contribution in [1.82, 2.24) is 15.0 Å². The van der Waals surface area contributed by atoms with Crippen LogP contribution in [0.2, 0.25) is 0 Å². The first kappa shape index (κ1) is 31.9. The fourth-order valence-electron chi connectivity index (χ4n) is 7.81. The SMILES string of the molecule is c1ccc(-c2ccc(-c3nc(-c4cccc(-c5ccc(-c6cccc7c6oc6ccccc67)cc5)c4)nc(-c4cccc5oc6ccccc6c45)n3)cc2)cc1. The number of aromatic nitrogens is 3. The standard InChI is InChI=1S/C51H31N3O2/c1-2-11-32(12-3-1)33-25-29-36(30-26-33)49-52-50(54-51(53-49)43-19-10-22-46-47(43)42-16-5-7-21-45(42)55-46)38-14-8-13-37(31-38)34-23-27-35(28-24-34)39-17-9-18-41-40-15-4-6-20-44(40)56-48(39)41/h1-31H. The quantitative estimate of drug-likeness (QED) is 0.171. The number of nitrogens with zero attached hydrogens (tertiary/aromatic N) is 3. The lowest BCUT2D eigenvalue weighted by molar-refractivity contribution is 0.669. The van der Waals surface area contributed by atoms with Crippen LogP contribution in [-0.4, -0.2) is 15.0 Å². The summed E-state index contributed by atoms with van der Waals surface area (Å²) in [5.41, 5.74) is 12.7. The highest BCUT2D eigenvalue weighted by molar-refractivity contribution is 6.12. The van der Waals surface area contributed by atoms with E-state index in [1.54, 1.807) is 0 Å². The van der Waals surface area contributed by atoms with Crippen molar-refractivity contribution < 1.29 is 8.83 Å². The van der Waals surface area contributed by atoms with E-state index in [-0.39, 0.29) is 0 Å². The van der Waals surface area contributed by atoms with Crippen LogP contribution >= 0.6 is 0 Å². The molecule has 0 aliphatic rings. The summed E-state index contributed by atoms with van der Waals surface area (Å²) in [6.07, 6.45) is 0. The topological polar surface area (TPSA) is 65.0 Å². The minimum absolute atomic E-state index is 0.587. The van der Waals surface area contributed by atoms with E-state index in [0.29, 0.717) is 17.5 Å². The number of para-hydroxylation sites is 3. The maximum Gasteiger partial charge on any atom is 0.164 e. The number of benzene rings is 8. The van der Waals surface area contributed by atoms with Gasteiger partial charge in [0.15, 0.2) is 17.5 Å². The molecule has 0 aliphatic carbocycles. The van der Waals surface area contributed by atoms with Crippen molar-refractivity contribution in [3.8, 4) is 67.5 Å². The van der Waals surface area contributed by atoms with Crippen LogP contribution in [-0.2, 0) is 0 Å². The molecular weight excluding hydrogens is 687 g/mol. The zero-order chi connectivity index (χ0) is 37.0. The molecule has 11 rings (SSSR count). The van der Waals surface area contributed by atoms with Gasteiger partial charge in [0.25, 0.3) is 0 Å². The minimum Gasteiger partial charge on any atom is -0.456 e. The van der Waals surface area contributed by atoms with Crippen molar-refractivity contribution in [3.05, 3.63) is 188 Å². The third-order valence-electron chi connectivity index (χ3n) is 10.6. The van der Waals surface area contributed by atoms with Crippen molar-refractivity contribution >= 4 is 43.9 Å². The number of rotatable bonds is 6. The molecule has 8 aromatic carbocycles. The number of hydrogen-bond donors (Lipinski definition) is 0. The summed E-state index contributed by atoms with van der Waals surface area (Å²) in [5.74, 6) is 1.78. The van der Waals surface area contributed by atoms with Gasteiger partial charge in [-0.3, -0.25) is 0 Å². The molecule has 0 fully saturated rings. The summed E-state index contributed by atoms with van der Waals surface area (Å²) in [6.45, 7) is 0. The van der Waals surface area contributed by atoms with Gasteiger partial charge in [0.1, 0.15) is 22.3 Å². The molecule has 0 unspecified atom stereocenters. The third-order valence-corrected chi connectivity index (χ3v) is 10.6. The highest BCUT2D eigenvalue weighted by Gasteiger charge is 2.18. The minimum atomic E-state index is 0.587. The Labute approximate surface area is 322 Å². The highest BCUT2D eigenvalue weighted by atomic mass is 16.3. The van der Waals surface area contributed by atoms with E-state index in [9.17, 15) is 0 Å². The van der Waals surface area contributed by atoms with Crippen molar-refractivity contribution in [2.45, 2.75) is 0 Å². The molecule has 262 valence electrons. The van der Waals surface area contributed by atoms with Crippen LogP contribution in [0.3, 0.4) is 0 Å². The van der Waals surface area contributed by atoms with Crippen LogP contribution in [0.5, 0.6) is 0 Å². The molecule has 0 aliphatic heterocycles. The first-order valence-corrected chi connectivity index (χ1v) is 18.7. The molecule has 3 heterocycles. The number of hydrogen-bond acceptors (Lipinski definition) is 5. The predicted octanol–water partition coefficient (Wildman–Crippen LogP) is 13.7. The van der Waals surface area contributed by atoms with Crippen LogP contribution in [0.4, 0.5) is 0 Å². The van der Waals surface area contributed by atoms with E-state index in [4.69, 9.17) is 23.8 Å². The number of fused-ring (bicyclic) bond motifs is 6. The molecule has 3 aromatic heterocycles. The summed E-state index contributed by atoms with van der Waals surface area (Å²) in [7, 11) is 0. The molecule has 0 amide bonds. The third kappa shape index (κ3) is 5.45. The van der Waals surface area contributed by atoms with Gasteiger partial charge in [-0.15, -0.1) is 0 Å². The summed E-state index contributed by atoms with van der Waals surface area (Å²) in [6, 6.07) is 64.6. The Morgan fingerprint density at radius 3 is 1.59 bits per heavy atom. The Balaban J connectivity index is 1.01. The Kier molecular flexibility index (Phi) is 7.42. The van der Waals surface area contributed by atoms with Gasteiger partial charge in [-0.05, 0) is 52.1 Å². The van der Waals surface area contributed by atoms with Crippen molar-refractivity contribution in [2.24, 2.45) is 0 Å². The average Bonchev–Trinajstić information content (AvgIpc) is 3.86. The molecule has 0 bridgehead atoms. The van der Waals surface area contributed by atoms with Gasteiger partial charge >= 0.3 is 0 Å². The summed E-state index contributed by atoms with van der Waals surface area (Å²) >= 11 is 0. The molecule has 0 atom stereocenters. The fourth-order valence-corrected chi connectivity index (χ4v) is 7.81. The predicted molar refractivity (Wildman–Crippen MR) is 227 cm³/mol. The molecule has 5 nitrogen and oxygen atoms in total. The molecule has 11 aromatic rings. The normalized spacial score (nSPS) is 11.6. The zero-order valence-electron chi connectivity index (χ0n) is 30.1. The first-order valence-electron chi connectivity index (χ1n) is 18.7. The second-order valence-electron chi connectivity index (χ2n) is 14.0. The van der Waals surface area contributed by atoms with Crippen molar-refractivity contribution in [3.63, 3.8) is 0 Å². The van der Waals surface area contributed by atoms with Crippen molar-refractivity contribution in [2.75, 3.05) is 0 Å². The second-order valence-corrected chi connectivity index (χ2v) is 14.0. The zero-order valence-corrected chi connectivity index (χ0v) is 30.1. The van der Waals surface area contributed by atoms with Gasteiger partial charge in [0.2, 0.25) is 0 Å². The van der Waals surface area contributed by atoms with Crippen LogP contribution in [0.1, 0.15) is 0 Å². The average molecular weight is 718 g/mol. The van der Waals surface area contributed by atoms with Crippen molar-refractivity contribution in [1.29, 1.82) is 0 Å². The molecule has 56 heavy (non-hydrogen) atoms. The highest BCUT2D eigenvalue weighted by Crippen LogP contribution is 2.39. The lowest BCUT2D eigenvalue weighted by Gasteiger charge is -2.11. The van der Waals surface area contributed by atoms with Gasteiger partial charge in [-0.25, -0.2) is 15.0 Å². The van der Waals surface area contributed by atoms with E-state index < -0.39 is 0 Å². The first-order chi connectivity index (χ1) is 27.7. The van der Waals surface area contributed by atoms with Gasteiger partial charge in [0, 0.05) is 43.8 Å².